The lowest BCUT2D eigenvalue weighted by atomic mass is 10.2. The van der Waals surface area contributed by atoms with E-state index in [1.807, 2.05) is 53.1 Å². The summed E-state index contributed by atoms with van der Waals surface area (Å²) in [7, 11) is 0. The maximum atomic E-state index is 5.80. The van der Waals surface area contributed by atoms with E-state index in [-0.39, 0.29) is 0 Å². The fourth-order valence-electron chi connectivity index (χ4n) is 2.28. The normalized spacial score (nSPS) is 10.6. The van der Waals surface area contributed by atoms with Gasteiger partial charge in [-0.05, 0) is 29.8 Å². The maximum absolute atomic E-state index is 5.80. The summed E-state index contributed by atoms with van der Waals surface area (Å²) in [5.74, 6) is 2.44. The van der Waals surface area contributed by atoms with E-state index >= 15 is 0 Å². The van der Waals surface area contributed by atoms with Crippen molar-refractivity contribution in [3.05, 3.63) is 83.1 Å². The molecule has 0 bridgehead atoms. The van der Waals surface area contributed by atoms with E-state index in [1.54, 1.807) is 11.8 Å². The monoisotopic (exact) mass is 415 g/mol. The quantitative estimate of drug-likeness (QED) is 0.379. The fraction of sp³-hybridized carbons (Fsp3) is 0.158. The SMILES string of the molecule is C=CCn1c(COc2ccccc2)nnc1SCc1cccc(Br)c1. The first-order valence-corrected chi connectivity index (χ1v) is 9.62. The van der Waals surface area contributed by atoms with Crippen molar-refractivity contribution >= 4 is 27.7 Å². The molecule has 0 fully saturated rings. The summed E-state index contributed by atoms with van der Waals surface area (Å²) in [5, 5.41) is 9.48. The van der Waals surface area contributed by atoms with Gasteiger partial charge >= 0.3 is 0 Å². The Hall–Kier alpha value is -2.05. The summed E-state index contributed by atoms with van der Waals surface area (Å²) in [4.78, 5) is 0. The molecule has 0 amide bonds. The van der Waals surface area contributed by atoms with E-state index in [4.69, 9.17) is 4.74 Å². The molecule has 0 N–H and O–H groups in total. The van der Waals surface area contributed by atoms with Crippen LogP contribution in [0.1, 0.15) is 11.4 Å². The highest BCUT2D eigenvalue weighted by atomic mass is 79.9. The van der Waals surface area contributed by atoms with Crippen molar-refractivity contribution in [3.63, 3.8) is 0 Å². The van der Waals surface area contributed by atoms with E-state index in [2.05, 4.69) is 44.8 Å². The van der Waals surface area contributed by atoms with Gasteiger partial charge in [-0.3, -0.25) is 4.57 Å². The predicted octanol–water partition coefficient (Wildman–Crippen LogP) is 5.10. The number of para-hydroxylation sites is 1. The number of ether oxygens (including phenoxy) is 1. The molecule has 0 atom stereocenters. The van der Waals surface area contributed by atoms with E-state index in [0.29, 0.717) is 13.2 Å². The number of rotatable bonds is 8. The number of nitrogens with zero attached hydrogens (tertiary/aromatic N) is 3. The van der Waals surface area contributed by atoms with Crippen molar-refractivity contribution in [3.8, 4) is 5.75 Å². The van der Waals surface area contributed by atoms with Crippen LogP contribution in [0.2, 0.25) is 0 Å². The standard InChI is InChI=1S/C19H18BrN3OS/c1-2-11-23-18(13-24-17-9-4-3-5-10-17)21-22-19(23)25-14-15-7-6-8-16(20)12-15/h2-10,12H,1,11,13-14H2. The van der Waals surface area contributed by atoms with Gasteiger partial charge in [0, 0.05) is 16.8 Å². The van der Waals surface area contributed by atoms with Crippen LogP contribution < -0.4 is 4.74 Å². The summed E-state index contributed by atoms with van der Waals surface area (Å²) < 4.78 is 8.92. The highest BCUT2D eigenvalue weighted by molar-refractivity contribution is 9.10. The molecule has 0 unspecified atom stereocenters. The summed E-state index contributed by atoms with van der Waals surface area (Å²) in [5.41, 5.74) is 1.23. The lowest BCUT2D eigenvalue weighted by Crippen LogP contribution is -2.07. The van der Waals surface area contributed by atoms with E-state index in [1.165, 1.54) is 5.56 Å². The average molecular weight is 416 g/mol. The molecule has 128 valence electrons. The summed E-state index contributed by atoms with van der Waals surface area (Å²) >= 11 is 5.16. The Labute approximate surface area is 160 Å². The van der Waals surface area contributed by atoms with Crippen LogP contribution in [0.5, 0.6) is 5.75 Å². The molecule has 0 aliphatic carbocycles. The molecule has 0 aliphatic heterocycles. The maximum Gasteiger partial charge on any atom is 0.191 e. The first-order chi connectivity index (χ1) is 12.3. The highest BCUT2D eigenvalue weighted by Crippen LogP contribution is 2.24. The third-order valence-electron chi connectivity index (χ3n) is 3.47. The molecule has 6 heteroatoms. The second-order valence-electron chi connectivity index (χ2n) is 5.32. The van der Waals surface area contributed by atoms with Crippen LogP contribution in [0.4, 0.5) is 0 Å². The van der Waals surface area contributed by atoms with Gasteiger partial charge < -0.3 is 4.74 Å². The summed E-state index contributed by atoms with van der Waals surface area (Å²) in [6.45, 7) is 4.86. The molecule has 0 radical (unpaired) electrons. The van der Waals surface area contributed by atoms with Crippen molar-refractivity contribution in [2.45, 2.75) is 24.1 Å². The van der Waals surface area contributed by atoms with Gasteiger partial charge in [-0.15, -0.1) is 16.8 Å². The van der Waals surface area contributed by atoms with Crippen LogP contribution in [-0.4, -0.2) is 14.8 Å². The number of benzene rings is 2. The Morgan fingerprint density at radius 2 is 1.96 bits per heavy atom. The Morgan fingerprint density at radius 1 is 1.12 bits per heavy atom. The molecule has 25 heavy (non-hydrogen) atoms. The van der Waals surface area contributed by atoms with Crippen LogP contribution in [0, 0.1) is 0 Å². The number of hydrogen-bond acceptors (Lipinski definition) is 4. The topological polar surface area (TPSA) is 39.9 Å². The first-order valence-electron chi connectivity index (χ1n) is 7.84. The molecule has 2 aromatic carbocycles. The molecule has 1 heterocycles. The lowest BCUT2D eigenvalue weighted by Gasteiger charge is -2.09. The minimum atomic E-state index is 0.377. The Balaban J connectivity index is 1.69. The fourth-order valence-corrected chi connectivity index (χ4v) is 3.64. The van der Waals surface area contributed by atoms with Gasteiger partial charge in [-0.25, -0.2) is 0 Å². The molecule has 0 spiro atoms. The Morgan fingerprint density at radius 3 is 2.72 bits per heavy atom. The second-order valence-corrected chi connectivity index (χ2v) is 7.18. The molecular weight excluding hydrogens is 398 g/mol. The zero-order chi connectivity index (χ0) is 17.5. The highest BCUT2D eigenvalue weighted by Gasteiger charge is 2.12. The minimum Gasteiger partial charge on any atom is -0.486 e. The van der Waals surface area contributed by atoms with Crippen molar-refractivity contribution < 1.29 is 4.74 Å². The zero-order valence-corrected chi connectivity index (χ0v) is 16.0. The van der Waals surface area contributed by atoms with Gasteiger partial charge in [-0.1, -0.05) is 64.1 Å². The Kier molecular flexibility index (Phi) is 6.30. The van der Waals surface area contributed by atoms with Crippen molar-refractivity contribution in [1.82, 2.24) is 14.8 Å². The van der Waals surface area contributed by atoms with Crippen LogP contribution in [0.3, 0.4) is 0 Å². The van der Waals surface area contributed by atoms with Gasteiger partial charge in [0.15, 0.2) is 11.0 Å². The summed E-state index contributed by atoms with van der Waals surface area (Å²) in [6.07, 6.45) is 1.85. The second kappa shape index (κ2) is 8.87. The van der Waals surface area contributed by atoms with Crippen LogP contribution in [0.25, 0.3) is 0 Å². The molecule has 3 aromatic rings. The molecule has 1 aromatic heterocycles. The van der Waals surface area contributed by atoms with Crippen LogP contribution >= 0.6 is 27.7 Å². The molecule has 0 aliphatic rings. The predicted molar refractivity (Wildman–Crippen MR) is 105 cm³/mol. The van der Waals surface area contributed by atoms with Crippen molar-refractivity contribution in [1.29, 1.82) is 0 Å². The van der Waals surface area contributed by atoms with Gasteiger partial charge in [0.25, 0.3) is 0 Å². The average Bonchev–Trinajstić information content (AvgIpc) is 3.01. The van der Waals surface area contributed by atoms with Crippen LogP contribution in [0.15, 0.2) is 76.9 Å². The zero-order valence-electron chi connectivity index (χ0n) is 13.6. The van der Waals surface area contributed by atoms with Gasteiger partial charge in [-0.2, -0.15) is 0 Å². The van der Waals surface area contributed by atoms with Crippen LogP contribution in [-0.2, 0) is 18.9 Å². The van der Waals surface area contributed by atoms with E-state index in [9.17, 15) is 0 Å². The van der Waals surface area contributed by atoms with Gasteiger partial charge in [0.1, 0.15) is 12.4 Å². The number of aromatic nitrogens is 3. The molecule has 0 saturated carbocycles. The number of thioether (sulfide) groups is 1. The number of hydrogen-bond donors (Lipinski definition) is 0. The number of halogens is 1. The molecule has 4 nitrogen and oxygen atoms in total. The minimum absolute atomic E-state index is 0.377. The van der Waals surface area contributed by atoms with E-state index < -0.39 is 0 Å². The Bertz CT molecular complexity index is 836. The number of allylic oxidation sites excluding steroid dienone is 1. The largest absolute Gasteiger partial charge is 0.486 e. The molecule has 0 saturated heterocycles. The van der Waals surface area contributed by atoms with Gasteiger partial charge in [0.2, 0.25) is 0 Å². The van der Waals surface area contributed by atoms with Crippen molar-refractivity contribution in [2.24, 2.45) is 0 Å². The van der Waals surface area contributed by atoms with Crippen molar-refractivity contribution in [2.75, 3.05) is 0 Å². The van der Waals surface area contributed by atoms with Gasteiger partial charge in [0.05, 0.1) is 0 Å². The molecule has 3 rings (SSSR count). The lowest BCUT2D eigenvalue weighted by molar-refractivity contribution is 0.289. The first kappa shape index (κ1) is 17.8. The third-order valence-corrected chi connectivity index (χ3v) is 5.00. The summed E-state index contributed by atoms with van der Waals surface area (Å²) in [6, 6.07) is 18.0. The van der Waals surface area contributed by atoms with E-state index in [0.717, 1.165) is 27.0 Å². The third kappa shape index (κ3) is 4.96. The smallest absolute Gasteiger partial charge is 0.191 e. The molecular formula is C19H18BrN3OS.